The molecule has 0 aromatic carbocycles. The molecule has 0 bridgehead atoms. The zero-order valence-electron chi connectivity index (χ0n) is 17.5. The summed E-state index contributed by atoms with van der Waals surface area (Å²) < 4.78 is 35.2. The highest BCUT2D eigenvalue weighted by molar-refractivity contribution is 7.99. The van der Waals surface area contributed by atoms with Gasteiger partial charge in [-0.05, 0) is 18.2 Å². The number of aromatic nitrogens is 2. The largest absolute Gasteiger partial charge is 0.476 e. The minimum atomic E-state index is -1.05. The first-order valence-corrected chi connectivity index (χ1v) is 10.7. The molecule has 1 aliphatic heterocycles. The number of thioether (sulfide) groups is 1. The lowest BCUT2D eigenvalue weighted by Gasteiger charge is -2.39. The molecule has 3 heterocycles. The predicted octanol–water partition coefficient (Wildman–Crippen LogP) is 2.53. The quantitative estimate of drug-likeness (QED) is 0.359. The SMILES string of the molecule is CC(=O)O[C@@H]1[C@@H](OC(C)=O)[C@@H](Oc2ccnc(-c3ccc(F)nc3)c2)SC[C@H]1OC(C)=O. The smallest absolute Gasteiger partial charge is 0.303 e. The van der Waals surface area contributed by atoms with E-state index in [0.29, 0.717) is 17.0 Å². The molecule has 1 aliphatic rings. The first-order chi connectivity index (χ1) is 15.2. The van der Waals surface area contributed by atoms with Gasteiger partial charge in [-0.1, -0.05) is 0 Å². The second kappa shape index (κ2) is 10.4. The summed E-state index contributed by atoms with van der Waals surface area (Å²) in [7, 11) is 0. The van der Waals surface area contributed by atoms with Crippen LogP contribution in [-0.4, -0.2) is 57.4 Å². The van der Waals surface area contributed by atoms with Crippen LogP contribution in [0.5, 0.6) is 5.75 Å². The van der Waals surface area contributed by atoms with Gasteiger partial charge in [0.25, 0.3) is 0 Å². The minimum absolute atomic E-state index is 0.250. The third-order valence-electron chi connectivity index (χ3n) is 4.31. The second-order valence-corrected chi connectivity index (χ2v) is 7.99. The van der Waals surface area contributed by atoms with Crippen molar-refractivity contribution in [2.45, 2.75) is 44.5 Å². The Bertz CT molecular complexity index is 988. The molecule has 0 aliphatic carbocycles. The number of halogens is 1. The third kappa shape index (κ3) is 6.16. The van der Waals surface area contributed by atoms with Crippen molar-refractivity contribution in [1.82, 2.24) is 9.97 Å². The van der Waals surface area contributed by atoms with E-state index in [2.05, 4.69) is 9.97 Å². The van der Waals surface area contributed by atoms with Crippen molar-refractivity contribution in [3.63, 3.8) is 0 Å². The van der Waals surface area contributed by atoms with E-state index in [-0.39, 0.29) is 5.75 Å². The van der Waals surface area contributed by atoms with Gasteiger partial charge in [-0.15, -0.1) is 11.8 Å². The molecule has 0 saturated carbocycles. The Hall–Kier alpha value is -3.21. The number of nitrogens with zero attached hydrogens (tertiary/aromatic N) is 2. The van der Waals surface area contributed by atoms with Crippen LogP contribution in [0.3, 0.4) is 0 Å². The van der Waals surface area contributed by atoms with E-state index in [1.165, 1.54) is 57.1 Å². The Morgan fingerprint density at radius 3 is 2.28 bits per heavy atom. The zero-order chi connectivity index (χ0) is 23.3. The molecule has 9 nitrogen and oxygen atoms in total. The first kappa shape index (κ1) is 23.5. The van der Waals surface area contributed by atoms with Crippen LogP contribution in [0.4, 0.5) is 4.39 Å². The van der Waals surface area contributed by atoms with Crippen LogP contribution in [0.2, 0.25) is 0 Å². The third-order valence-corrected chi connectivity index (χ3v) is 5.53. The van der Waals surface area contributed by atoms with Crippen molar-refractivity contribution in [2.24, 2.45) is 0 Å². The average molecular weight is 464 g/mol. The van der Waals surface area contributed by atoms with Gasteiger partial charge in [0.05, 0.1) is 5.69 Å². The Kier molecular flexibility index (Phi) is 7.62. The topological polar surface area (TPSA) is 114 Å². The van der Waals surface area contributed by atoms with E-state index in [0.717, 1.165) is 0 Å². The van der Waals surface area contributed by atoms with Crippen molar-refractivity contribution in [3.8, 4) is 17.0 Å². The zero-order valence-corrected chi connectivity index (χ0v) is 18.3. The van der Waals surface area contributed by atoms with E-state index < -0.39 is 47.6 Å². The summed E-state index contributed by atoms with van der Waals surface area (Å²) in [5, 5.41) is 0. The van der Waals surface area contributed by atoms with Gasteiger partial charge in [-0.3, -0.25) is 19.4 Å². The number of hydrogen-bond donors (Lipinski definition) is 0. The fraction of sp³-hybridized carbons (Fsp3) is 0.381. The maximum absolute atomic E-state index is 13.1. The number of hydrogen-bond acceptors (Lipinski definition) is 10. The molecule has 0 radical (unpaired) electrons. The summed E-state index contributed by atoms with van der Waals surface area (Å²) in [6.07, 6.45) is -0.0476. The molecular formula is C21H21FN2O7S. The Morgan fingerprint density at radius 1 is 0.969 bits per heavy atom. The molecule has 0 unspecified atom stereocenters. The van der Waals surface area contributed by atoms with Crippen molar-refractivity contribution in [1.29, 1.82) is 0 Å². The molecule has 1 fully saturated rings. The number of carbonyl (C=O) groups excluding carboxylic acids is 3. The molecule has 11 heteroatoms. The molecule has 1 saturated heterocycles. The first-order valence-electron chi connectivity index (χ1n) is 9.61. The lowest BCUT2D eigenvalue weighted by Crippen LogP contribution is -2.55. The molecule has 4 atom stereocenters. The molecule has 0 amide bonds. The van der Waals surface area contributed by atoms with Crippen molar-refractivity contribution in [3.05, 3.63) is 42.6 Å². The summed E-state index contributed by atoms with van der Waals surface area (Å²) in [6, 6.07) is 5.98. The van der Waals surface area contributed by atoms with Gasteiger partial charge in [0.2, 0.25) is 5.95 Å². The van der Waals surface area contributed by atoms with Gasteiger partial charge < -0.3 is 18.9 Å². The Morgan fingerprint density at radius 2 is 1.66 bits per heavy atom. The summed E-state index contributed by atoms with van der Waals surface area (Å²) in [5.41, 5.74) is 0.309. The van der Waals surface area contributed by atoms with Crippen molar-refractivity contribution in [2.75, 3.05) is 5.75 Å². The van der Waals surface area contributed by atoms with Gasteiger partial charge >= 0.3 is 17.9 Å². The summed E-state index contributed by atoms with van der Waals surface area (Å²) in [5.74, 6) is -1.76. The molecule has 170 valence electrons. The van der Waals surface area contributed by atoms with Crippen LogP contribution < -0.4 is 4.74 Å². The van der Waals surface area contributed by atoms with Gasteiger partial charge in [0, 0.05) is 50.5 Å². The molecule has 0 N–H and O–H groups in total. The fourth-order valence-corrected chi connectivity index (χ4v) is 4.33. The minimum Gasteiger partial charge on any atom is -0.476 e. The second-order valence-electron chi connectivity index (χ2n) is 6.86. The molecule has 2 aromatic rings. The highest BCUT2D eigenvalue weighted by Gasteiger charge is 2.47. The number of rotatable bonds is 6. The van der Waals surface area contributed by atoms with Gasteiger partial charge in [0.15, 0.2) is 23.7 Å². The normalized spacial score (nSPS) is 22.5. The molecule has 2 aromatic heterocycles. The van der Waals surface area contributed by atoms with E-state index in [1.807, 2.05) is 0 Å². The highest BCUT2D eigenvalue weighted by Crippen LogP contribution is 2.34. The van der Waals surface area contributed by atoms with Crippen molar-refractivity contribution < 1.29 is 37.7 Å². The average Bonchev–Trinajstić information content (AvgIpc) is 2.72. The molecular weight excluding hydrogens is 443 g/mol. The maximum Gasteiger partial charge on any atom is 0.303 e. The van der Waals surface area contributed by atoms with E-state index in [4.69, 9.17) is 18.9 Å². The van der Waals surface area contributed by atoms with Crippen LogP contribution in [0.1, 0.15) is 20.8 Å². The number of carbonyl (C=O) groups is 3. The monoisotopic (exact) mass is 464 g/mol. The standard InChI is InChI=1S/C21H21FN2O7S/c1-11(25)28-17-10-32-21(20(30-13(3)27)19(17)29-12(2)26)31-15-6-7-23-16(8-15)14-4-5-18(22)24-9-14/h4-9,17,19-21H,10H2,1-3H3/t17-,19+,20-,21+/m1/s1. The van der Waals surface area contributed by atoms with Crippen LogP contribution in [0.15, 0.2) is 36.7 Å². The Balaban J connectivity index is 1.86. The Labute approximate surface area is 187 Å². The molecule has 0 spiro atoms. The van der Waals surface area contributed by atoms with Crippen LogP contribution in [0.25, 0.3) is 11.3 Å². The molecule has 3 rings (SSSR count). The van der Waals surface area contributed by atoms with Crippen molar-refractivity contribution >= 4 is 29.7 Å². The number of pyridine rings is 2. The number of ether oxygens (including phenoxy) is 4. The molecule has 32 heavy (non-hydrogen) atoms. The summed E-state index contributed by atoms with van der Waals surface area (Å²) in [4.78, 5) is 42.8. The van der Waals surface area contributed by atoms with Gasteiger partial charge in [-0.2, -0.15) is 4.39 Å². The van der Waals surface area contributed by atoms with E-state index in [1.54, 1.807) is 12.1 Å². The van der Waals surface area contributed by atoms with Gasteiger partial charge in [0.1, 0.15) is 5.75 Å². The van der Waals surface area contributed by atoms with Gasteiger partial charge in [-0.25, -0.2) is 4.98 Å². The lowest BCUT2D eigenvalue weighted by atomic mass is 10.1. The predicted molar refractivity (Wildman–Crippen MR) is 111 cm³/mol. The van der Waals surface area contributed by atoms with Crippen LogP contribution in [-0.2, 0) is 28.6 Å². The van der Waals surface area contributed by atoms with Crippen LogP contribution >= 0.6 is 11.8 Å². The fourth-order valence-electron chi connectivity index (χ4n) is 3.11. The maximum atomic E-state index is 13.1. The van der Waals surface area contributed by atoms with E-state index >= 15 is 0 Å². The van der Waals surface area contributed by atoms with E-state index in [9.17, 15) is 18.8 Å². The summed E-state index contributed by atoms with van der Waals surface area (Å²) >= 11 is 1.24. The van der Waals surface area contributed by atoms with Crippen LogP contribution in [0, 0.1) is 5.95 Å². The highest BCUT2D eigenvalue weighted by atomic mass is 32.2. The lowest BCUT2D eigenvalue weighted by molar-refractivity contribution is -0.186. The number of esters is 3. The summed E-state index contributed by atoms with van der Waals surface area (Å²) in [6.45, 7) is 3.66.